The molecule has 1 amide bonds. The van der Waals surface area contributed by atoms with Crippen molar-refractivity contribution in [2.24, 2.45) is 7.05 Å². The predicted molar refractivity (Wildman–Crippen MR) is 124 cm³/mol. The minimum Gasteiger partial charge on any atom is -0.312 e. The summed E-state index contributed by atoms with van der Waals surface area (Å²) in [7, 11) is -2.49. The number of sulfone groups is 1. The lowest BCUT2D eigenvalue weighted by molar-refractivity contribution is -0.137. The highest BCUT2D eigenvalue weighted by Crippen LogP contribution is 2.34. The van der Waals surface area contributed by atoms with Crippen LogP contribution in [0.5, 0.6) is 0 Å². The molecule has 192 valence electrons. The summed E-state index contributed by atoms with van der Waals surface area (Å²) in [4.78, 5) is 25.2. The van der Waals surface area contributed by atoms with E-state index in [-0.39, 0.29) is 39.6 Å². The Balaban J connectivity index is 1.98. The van der Waals surface area contributed by atoms with E-state index in [1.54, 1.807) is 0 Å². The number of imidazole rings is 1. The molecule has 0 spiro atoms. The summed E-state index contributed by atoms with van der Waals surface area (Å²) in [6.07, 6.45) is -2.65. The molecule has 11 nitrogen and oxygen atoms in total. The summed E-state index contributed by atoms with van der Waals surface area (Å²) in [5, 5.41) is 3.78. The van der Waals surface area contributed by atoms with Gasteiger partial charge in [0.25, 0.3) is 5.91 Å². The Hall–Kier alpha value is -3.59. The molecule has 4 heterocycles. The Kier molecular flexibility index (Phi) is 6.03. The van der Waals surface area contributed by atoms with Crippen LogP contribution in [-0.4, -0.2) is 54.7 Å². The number of fused-ring (bicyclic) bond motifs is 2. The third kappa shape index (κ3) is 4.51. The highest BCUT2D eigenvalue weighted by molar-refractivity contribution is 7.91. The fourth-order valence-electron chi connectivity index (χ4n) is 3.41. The second kappa shape index (κ2) is 8.51. The number of hydrazine groups is 1. The van der Waals surface area contributed by atoms with Crippen molar-refractivity contribution in [1.29, 1.82) is 0 Å². The number of rotatable bonds is 5. The van der Waals surface area contributed by atoms with Gasteiger partial charge in [0.15, 0.2) is 26.2 Å². The third-order valence-electron chi connectivity index (χ3n) is 5.20. The van der Waals surface area contributed by atoms with E-state index >= 15 is 0 Å². The first-order chi connectivity index (χ1) is 16.6. The van der Waals surface area contributed by atoms with Crippen LogP contribution in [-0.2, 0) is 23.1 Å². The van der Waals surface area contributed by atoms with Crippen LogP contribution in [0.25, 0.3) is 28.2 Å². The van der Waals surface area contributed by atoms with Crippen LogP contribution in [0.3, 0.4) is 0 Å². The molecule has 0 aliphatic rings. The molecule has 4 rings (SSSR count). The first-order valence-electron chi connectivity index (χ1n) is 10.7. The molecule has 4 aromatic heterocycles. The van der Waals surface area contributed by atoms with E-state index in [2.05, 4.69) is 30.9 Å². The van der Waals surface area contributed by atoms with Crippen molar-refractivity contribution >= 4 is 32.6 Å². The van der Waals surface area contributed by atoms with Crippen molar-refractivity contribution < 1.29 is 26.4 Å². The number of carbonyl (C=O) groups excluding carboxylic acids is 1. The zero-order chi connectivity index (χ0) is 26.6. The summed E-state index contributed by atoms with van der Waals surface area (Å²) < 4.78 is 68.0. The molecular formula is C21H23F3N8O3S. The molecular weight excluding hydrogens is 501 g/mol. The fourth-order valence-corrected chi connectivity index (χ4v) is 4.38. The van der Waals surface area contributed by atoms with Crippen LogP contribution < -0.4 is 10.9 Å². The molecule has 2 N–H and O–H groups in total. The van der Waals surface area contributed by atoms with Crippen LogP contribution in [0.15, 0.2) is 29.6 Å². The van der Waals surface area contributed by atoms with Gasteiger partial charge in [0.1, 0.15) is 22.6 Å². The van der Waals surface area contributed by atoms with Gasteiger partial charge in [-0.1, -0.05) is 6.92 Å². The SMILES string of the molecule is CCS(=O)(=O)c1nn2c(C(=O)NNC(C)(C)C)ccnc2c1-c1nc2cc(C(F)(F)F)cnc2n1C. The van der Waals surface area contributed by atoms with E-state index in [0.29, 0.717) is 6.20 Å². The lowest BCUT2D eigenvalue weighted by Crippen LogP contribution is -2.49. The van der Waals surface area contributed by atoms with Gasteiger partial charge in [-0.05, 0) is 32.9 Å². The van der Waals surface area contributed by atoms with E-state index in [4.69, 9.17) is 0 Å². The van der Waals surface area contributed by atoms with E-state index in [9.17, 15) is 26.4 Å². The van der Waals surface area contributed by atoms with Gasteiger partial charge in [0.05, 0.1) is 11.3 Å². The number of amides is 1. The summed E-state index contributed by atoms with van der Waals surface area (Å²) in [6, 6.07) is 2.19. The van der Waals surface area contributed by atoms with Crippen LogP contribution in [0.4, 0.5) is 13.2 Å². The largest absolute Gasteiger partial charge is 0.417 e. The first kappa shape index (κ1) is 25.5. The number of aryl methyl sites for hydroxylation is 1. The van der Waals surface area contributed by atoms with Gasteiger partial charge in [0.2, 0.25) is 0 Å². The molecule has 0 bridgehead atoms. The Morgan fingerprint density at radius 2 is 1.83 bits per heavy atom. The third-order valence-corrected chi connectivity index (χ3v) is 6.84. The number of aromatic nitrogens is 6. The number of alkyl halides is 3. The molecule has 0 atom stereocenters. The summed E-state index contributed by atoms with van der Waals surface area (Å²) in [6.45, 7) is 6.91. The number of halogens is 3. The van der Waals surface area contributed by atoms with Crippen molar-refractivity contribution in [3.8, 4) is 11.4 Å². The molecule has 0 saturated heterocycles. The molecule has 0 radical (unpaired) electrons. The molecule has 0 unspecified atom stereocenters. The van der Waals surface area contributed by atoms with Crippen LogP contribution in [0, 0.1) is 0 Å². The molecule has 0 aliphatic heterocycles. The minimum atomic E-state index is -4.63. The lowest BCUT2D eigenvalue weighted by Gasteiger charge is -2.20. The van der Waals surface area contributed by atoms with Crippen molar-refractivity contribution in [3.63, 3.8) is 0 Å². The van der Waals surface area contributed by atoms with Gasteiger partial charge >= 0.3 is 6.18 Å². The van der Waals surface area contributed by atoms with Gasteiger partial charge in [-0.3, -0.25) is 10.2 Å². The van der Waals surface area contributed by atoms with Crippen molar-refractivity contribution in [1.82, 2.24) is 40.0 Å². The van der Waals surface area contributed by atoms with Gasteiger partial charge in [-0.25, -0.2) is 33.3 Å². The van der Waals surface area contributed by atoms with Gasteiger partial charge in [-0.15, -0.1) is 0 Å². The molecule has 0 saturated carbocycles. The number of hydrogen-bond donors (Lipinski definition) is 2. The second-order valence-electron chi connectivity index (χ2n) is 9.04. The zero-order valence-corrected chi connectivity index (χ0v) is 20.8. The maximum atomic E-state index is 13.2. The number of carbonyl (C=O) groups is 1. The molecule has 15 heteroatoms. The predicted octanol–water partition coefficient (Wildman–Crippen LogP) is 2.52. The summed E-state index contributed by atoms with van der Waals surface area (Å²) in [5.41, 5.74) is 3.84. The quantitative estimate of drug-likeness (QED) is 0.380. The van der Waals surface area contributed by atoms with E-state index in [1.807, 2.05) is 20.8 Å². The van der Waals surface area contributed by atoms with E-state index < -0.39 is 38.0 Å². The molecule has 0 aliphatic carbocycles. The highest BCUT2D eigenvalue weighted by Gasteiger charge is 2.33. The number of hydrogen-bond acceptors (Lipinski definition) is 8. The maximum absolute atomic E-state index is 13.2. The standard InChI is InChI=1S/C21H23F3N8O3S/c1-6-36(34,35)19-14(17-27-12-9-11(21(22,23)24)10-26-15(12)31(17)5)16-25-8-7-13(32(16)29-19)18(33)28-30-20(2,3)4/h7-10,30H,6H2,1-5H3,(H,28,33). The van der Waals surface area contributed by atoms with E-state index in [1.165, 1.54) is 30.8 Å². The monoisotopic (exact) mass is 524 g/mol. The zero-order valence-electron chi connectivity index (χ0n) is 20.0. The first-order valence-corrected chi connectivity index (χ1v) is 12.4. The normalized spacial score (nSPS) is 13.0. The second-order valence-corrected chi connectivity index (χ2v) is 11.2. The van der Waals surface area contributed by atoms with Crippen molar-refractivity contribution in [2.75, 3.05) is 5.75 Å². The average molecular weight is 525 g/mol. The van der Waals surface area contributed by atoms with Crippen molar-refractivity contribution in [3.05, 3.63) is 35.8 Å². The van der Waals surface area contributed by atoms with E-state index in [0.717, 1.165) is 10.6 Å². The maximum Gasteiger partial charge on any atom is 0.417 e. The van der Waals surface area contributed by atoms with Crippen LogP contribution >= 0.6 is 0 Å². The minimum absolute atomic E-state index is 0.0140. The highest BCUT2D eigenvalue weighted by atomic mass is 32.2. The Bertz CT molecular complexity index is 1600. The number of pyridine rings is 1. The van der Waals surface area contributed by atoms with Crippen LogP contribution in [0.2, 0.25) is 0 Å². The number of nitrogens with one attached hydrogen (secondary N) is 2. The number of nitrogens with zero attached hydrogens (tertiary/aromatic N) is 6. The molecule has 4 aromatic rings. The Labute approximate surface area is 203 Å². The summed E-state index contributed by atoms with van der Waals surface area (Å²) >= 11 is 0. The summed E-state index contributed by atoms with van der Waals surface area (Å²) in [5.74, 6) is -0.942. The average Bonchev–Trinajstić information content (AvgIpc) is 3.34. The van der Waals surface area contributed by atoms with Gasteiger partial charge in [0, 0.05) is 25.0 Å². The van der Waals surface area contributed by atoms with Crippen LogP contribution in [0.1, 0.15) is 43.7 Å². The smallest absolute Gasteiger partial charge is 0.312 e. The van der Waals surface area contributed by atoms with Crippen molar-refractivity contribution in [2.45, 2.75) is 44.4 Å². The van der Waals surface area contributed by atoms with Gasteiger partial charge < -0.3 is 4.57 Å². The Morgan fingerprint density at radius 1 is 1.14 bits per heavy atom. The van der Waals surface area contributed by atoms with Gasteiger partial charge in [-0.2, -0.15) is 18.3 Å². The molecule has 0 aromatic carbocycles. The Morgan fingerprint density at radius 3 is 2.44 bits per heavy atom. The topological polar surface area (TPSA) is 136 Å². The fraction of sp³-hybridized carbons (Fsp3) is 0.381. The molecule has 36 heavy (non-hydrogen) atoms. The lowest BCUT2D eigenvalue weighted by atomic mass is 10.1. The molecule has 0 fully saturated rings.